The van der Waals surface area contributed by atoms with Gasteiger partial charge in [-0.1, -0.05) is 11.6 Å². The zero-order valence-electron chi connectivity index (χ0n) is 7.42. The first kappa shape index (κ1) is 8.83. The molecule has 1 aliphatic heterocycles. The fourth-order valence-electron chi connectivity index (χ4n) is 1.46. The van der Waals surface area contributed by atoms with E-state index >= 15 is 0 Å². The zero-order chi connectivity index (χ0) is 9.60. The van der Waals surface area contributed by atoms with Gasteiger partial charge in [-0.05, 0) is 30.9 Å². The molecule has 1 aromatic heterocycles. The minimum absolute atomic E-state index is 0.0130. The molecule has 1 fully saturated rings. The number of halogens is 1. The van der Waals surface area contributed by atoms with Crippen molar-refractivity contribution in [2.75, 3.05) is 6.54 Å². The van der Waals surface area contributed by atoms with E-state index in [1.54, 1.807) is 18.1 Å². The molecule has 3 rings (SSSR count). The summed E-state index contributed by atoms with van der Waals surface area (Å²) >= 11 is 7.40. The van der Waals surface area contributed by atoms with Crippen molar-refractivity contribution in [2.24, 2.45) is 0 Å². The molecule has 1 aliphatic carbocycles. The molecule has 0 radical (unpaired) electrons. The van der Waals surface area contributed by atoms with Gasteiger partial charge in [-0.3, -0.25) is 4.72 Å². The molecule has 1 aromatic rings. The molecule has 3 nitrogen and oxygen atoms in total. The highest BCUT2D eigenvalue weighted by molar-refractivity contribution is 7.97. The molecule has 1 spiro atoms. The van der Waals surface area contributed by atoms with Gasteiger partial charge in [0.2, 0.25) is 5.88 Å². The molecule has 0 saturated heterocycles. The van der Waals surface area contributed by atoms with Crippen molar-refractivity contribution in [3.05, 3.63) is 17.3 Å². The summed E-state index contributed by atoms with van der Waals surface area (Å²) in [6, 6.07) is 1.88. The van der Waals surface area contributed by atoms with Gasteiger partial charge in [-0.15, -0.1) is 0 Å². The molecule has 0 unspecified atom stereocenters. The van der Waals surface area contributed by atoms with Gasteiger partial charge in [0.15, 0.2) is 0 Å². The Morgan fingerprint density at radius 2 is 2.43 bits per heavy atom. The number of nitrogens with zero attached hydrogens (tertiary/aromatic N) is 1. The van der Waals surface area contributed by atoms with E-state index in [2.05, 4.69) is 9.71 Å². The molecule has 5 heteroatoms. The first-order chi connectivity index (χ1) is 6.77. The molecule has 1 N–H and O–H groups in total. The maximum atomic E-state index is 5.86. The monoisotopic (exact) mass is 228 g/mol. The minimum Gasteiger partial charge on any atom is -0.469 e. The van der Waals surface area contributed by atoms with Crippen LogP contribution in [0.5, 0.6) is 5.88 Å². The van der Waals surface area contributed by atoms with Gasteiger partial charge in [0, 0.05) is 12.7 Å². The van der Waals surface area contributed by atoms with Crippen molar-refractivity contribution in [1.29, 1.82) is 0 Å². The van der Waals surface area contributed by atoms with E-state index in [4.69, 9.17) is 16.3 Å². The number of nitrogens with one attached hydrogen (secondary N) is 1. The highest BCUT2D eigenvalue weighted by atomic mass is 35.5. The Bertz CT molecular complexity index is 381. The van der Waals surface area contributed by atoms with E-state index in [9.17, 15) is 0 Å². The summed E-state index contributed by atoms with van der Waals surface area (Å²) in [4.78, 5) is 5.17. The topological polar surface area (TPSA) is 34.2 Å². The highest BCUT2D eigenvalue weighted by Gasteiger charge is 2.47. The van der Waals surface area contributed by atoms with Gasteiger partial charge in [0.25, 0.3) is 0 Å². The van der Waals surface area contributed by atoms with Gasteiger partial charge >= 0.3 is 0 Å². The average molecular weight is 229 g/mol. The number of hydrogen-bond donors (Lipinski definition) is 1. The first-order valence-corrected chi connectivity index (χ1v) is 5.71. The number of fused-ring (bicyclic) bond motifs is 1. The van der Waals surface area contributed by atoms with Crippen molar-refractivity contribution in [1.82, 2.24) is 9.71 Å². The Morgan fingerprint density at radius 3 is 3.21 bits per heavy atom. The molecule has 0 aromatic carbocycles. The van der Waals surface area contributed by atoms with Crippen LogP contribution in [0.15, 0.2) is 17.2 Å². The summed E-state index contributed by atoms with van der Waals surface area (Å²) in [6.45, 7) is 0.881. The number of pyridine rings is 1. The van der Waals surface area contributed by atoms with Crippen molar-refractivity contribution >= 4 is 23.5 Å². The SMILES string of the molecule is Clc1cnc2c(c1)SNCC1(CC1)O2. The van der Waals surface area contributed by atoms with Crippen LogP contribution in [0.3, 0.4) is 0 Å². The van der Waals surface area contributed by atoms with E-state index in [1.165, 1.54) is 0 Å². The largest absolute Gasteiger partial charge is 0.469 e. The van der Waals surface area contributed by atoms with Gasteiger partial charge in [-0.2, -0.15) is 0 Å². The molecule has 0 bridgehead atoms. The van der Waals surface area contributed by atoms with Crippen LogP contribution in [0.2, 0.25) is 5.02 Å². The number of hydrogen-bond acceptors (Lipinski definition) is 4. The van der Waals surface area contributed by atoms with Crippen LogP contribution in [-0.4, -0.2) is 17.1 Å². The molecule has 1 saturated carbocycles. The number of rotatable bonds is 0. The van der Waals surface area contributed by atoms with Crippen LogP contribution in [0.25, 0.3) is 0 Å². The summed E-state index contributed by atoms with van der Waals surface area (Å²) in [5.41, 5.74) is 0.0130. The van der Waals surface area contributed by atoms with Crippen LogP contribution < -0.4 is 9.46 Å². The standard InChI is InChI=1S/C9H9ClN2OS/c10-6-3-7-8(11-4-6)13-9(1-2-9)5-12-14-7/h3-4,12H,1-2,5H2. The average Bonchev–Trinajstić information content (AvgIpc) is 2.93. The van der Waals surface area contributed by atoms with Crippen LogP contribution in [0, 0.1) is 0 Å². The Morgan fingerprint density at radius 1 is 1.57 bits per heavy atom. The third-order valence-electron chi connectivity index (χ3n) is 2.48. The lowest BCUT2D eigenvalue weighted by molar-refractivity contribution is 0.174. The van der Waals surface area contributed by atoms with Gasteiger partial charge in [0.05, 0.1) is 9.92 Å². The fraction of sp³-hybridized carbons (Fsp3) is 0.444. The minimum atomic E-state index is 0.0130. The fourth-order valence-corrected chi connectivity index (χ4v) is 2.54. The summed E-state index contributed by atoms with van der Waals surface area (Å²) in [5.74, 6) is 0.710. The van der Waals surface area contributed by atoms with E-state index in [1.807, 2.05) is 6.07 Å². The Kier molecular flexibility index (Phi) is 1.90. The molecule has 14 heavy (non-hydrogen) atoms. The first-order valence-electron chi connectivity index (χ1n) is 4.52. The van der Waals surface area contributed by atoms with Gasteiger partial charge < -0.3 is 4.74 Å². The van der Waals surface area contributed by atoms with Crippen molar-refractivity contribution in [2.45, 2.75) is 23.3 Å². The quantitative estimate of drug-likeness (QED) is 0.691. The molecule has 0 atom stereocenters. The van der Waals surface area contributed by atoms with E-state index < -0.39 is 0 Å². The van der Waals surface area contributed by atoms with Gasteiger partial charge in [0.1, 0.15) is 5.60 Å². The van der Waals surface area contributed by atoms with Crippen LogP contribution in [0.1, 0.15) is 12.8 Å². The van der Waals surface area contributed by atoms with Crippen LogP contribution >= 0.6 is 23.5 Å². The lowest BCUT2D eigenvalue weighted by Gasteiger charge is -2.13. The summed E-state index contributed by atoms with van der Waals surface area (Å²) in [6.07, 6.45) is 3.86. The van der Waals surface area contributed by atoms with Crippen molar-refractivity contribution in [3.8, 4) is 5.88 Å². The zero-order valence-corrected chi connectivity index (χ0v) is 8.99. The van der Waals surface area contributed by atoms with Crippen LogP contribution in [-0.2, 0) is 0 Å². The van der Waals surface area contributed by atoms with E-state index in [0.29, 0.717) is 10.9 Å². The highest BCUT2D eigenvalue weighted by Crippen LogP contribution is 2.44. The Hall–Kier alpha value is -0.450. The molecular formula is C9H9ClN2OS. The van der Waals surface area contributed by atoms with Crippen molar-refractivity contribution < 1.29 is 4.74 Å². The second-order valence-electron chi connectivity index (χ2n) is 3.67. The molecule has 2 aliphatic rings. The van der Waals surface area contributed by atoms with Crippen molar-refractivity contribution in [3.63, 3.8) is 0 Å². The maximum absolute atomic E-state index is 5.86. The summed E-state index contributed by atoms with van der Waals surface area (Å²) < 4.78 is 9.13. The van der Waals surface area contributed by atoms with Gasteiger partial charge in [-0.25, -0.2) is 4.98 Å². The third-order valence-corrected chi connectivity index (χ3v) is 3.49. The molecule has 0 amide bonds. The molecule has 2 heterocycles. The second-order valence-corrected chi connectivity index (χ2v) is 5.03. The second kappa shape index (κ2) is 3.02. The normalized spacial score (nSPS) is 22.4. The number of aromatic nitrogens is 1. The predicted octanol–water partition coefficient (Wildman–Crippen LogP) is 2.26. The summed E-state index contributed by atoms with van der Waals surface area (Å²) in [7, 11) is 0. The third kappa shape index (κ3) is 1.47. The maximum Gasteiger partial charge on any atom is 0.229 e. The van der Waals surface area contributed by atoms with E-state index in [-0.39, 0.29) is 5.60 Å². The molecular weight excluding hydrogens is 220 g/mol. The van der Waals surface area contributed by atoms with Crippen LogP contribution in [0.4, 0.5) is 0 Å². The predicted molar refractivity (Wildman–Crippen MR) is 55.7 cm³/mol. The Labute approximate surface area is 91.3 Å². The lowest BCUT2D eigenvalue weighted by Crippen LogP contribution is -2.28. The lowest BCUT2D eigenvalue weighted by atomic mass is 10.3. The smallest absolute Gasteiger partial charge is 0.229 e. The summed E-state index contributed by atoms with van der Waals surface area (Å²) in [5, 5.41) is 0.647. The molecule has 74 valence electrons. The number of ether oxygens (including phenoxy) is 1. The Balaban J connectivity index is 1.99. The van der Waals surface area contributed by atoms with E-state index in [0.717, 1.165) is 24.3 Å².